The molecule has 1 aromatic carbocycles. The Bertz CT molecular complexity index is 741. The summed E-state index contributed by atoms with van der Waals surface area (Å²) in [5.74, 6) is 0.974. The summed E-state index contributed by atoms with van der Waals surface area (Å²) in [5.41, 5.74) is -0.393. The van der Waals surface area contributed by atoms with Crippen molar-refractivity contribution < 1.29 is 18.7 Å². The molecule has 0 spiro atoms. The van der Waals surface area contributed by atoms with Crippen molar-refractivity contribution in [2.75, 3.05) is 6.54 Å². The van der Waals surface area contributed by atoms with E-state index >= 15 is 0 Å². The van der Waals surface area contributed by atoms with Gasteiger partial charge in [-0.25, -0.2) is 9.18 Å². The van der Waals surface area contributed by atoms with Crippen LogP contribution >= 0.6 is 0 Å². The smallest absolute Gasteiger partial charge is 0.315 e. The van der Waals surface area contributed by atoms with E-state index in [0.717, 1.165) is 12.0 Å². The standard InChI is InChI=1S/C18H21FN2O3/c1-11-6-7-16(24-11)18(2,23)10-20-17(22)21-15-9-14(15)12-4-3-5-13(19)8-12/h3-8,14-15,23H,9-10H2,1-2H3,(H2,20,21,22). The second-order valence-electron chi connectivity index (χ2n) is 6.51. The van der Waals surface area contributed by atoms with E-state index in [0.29, 0.717) is 11.5 Å². The minimum atomic E-state index is -1.28. The predicted octanol–water partition coefficient (Wildman–Crippen LogP) is 2.79. The van der Waals surface area contributed by atoms with Gasteiger partial charge in [-0.05, 0) is 50.1 Å². The number of carbonyl (C=O) groups is 1. The first-order chi connectivity index (χ1) is 11.3. The van der Waals surface area contributed by atoms with Crippen molar-refractivity contribution in [1.29, 1.82) is 0 Å². The topological polar surface area (TPSA) is 74.5 Å². The van der Waals surface area contributed by atoms with Crippen molar-refractivity contribution >= 4 is 6.03 Å². The van der Waals surface area contributed by atoms with Gasteiger partial charge < -0.3 is 20.2 Å². The van der Waals surface area contributed by atoms with Gasteiger partial charge in [-0.15, -0.1) is 0 Å². The highest BCUT2D eigenvalue weighted by Gasteiger charge is 2.40. The largest absolute Gasteiger partial charge is 0.463 e. The summed E-state index contributed by atoms with van der Waals surface area (Å²) in [4.78, 5) is 12.0. The van der Waals surface area contributed by atoms with Gasteiger partial charge in [0, 0.05) is 12.0 Å². The third kappa shape index (κ3) is 3.76. The summed E-state index contributed by atoms with van der Waals surface area (Å²) in [6.07, 6.45) is 0.782. The van der Waals surface area contributed by atoms with Gasteiger partial charge in [0.25, 0.3) is 0 Å². The van der Waals surface area contributed by atoms with E-state index in [1.807, 2.05) is 6.07 Å². The van der Waals surface area contributed by atoms with Gasteiger partial charge in [0.05, 0.1) is 6.54 Å². The Morgan fingerprint density at radius 2 is 2.21 bits per heavy atom. The van der Waals surface area contributed by atoms with E-state index in [1.165, 1.54) is 12.1 Å². The van der Waals surface area contributed by atoms with E-state index in [9.17, 15) is 14.3 Å². The van der Waals surface area contributed by atoms with Crippen LogP contribution in [0.5, 0.6) is 0 Å². The van der Waals surface area contributed by atoms with E-state index in [4.69, 9.17) is 4.42 Å². The Labute approximate surface area is 139 Å². The highest BCUT2D eigenvalue weighted by molar-refractivity contribution is 5.75. The molecule has 3 unspecified atom stereocenters. The van der Waals surface area contributed by atoms with Gasteiger partial charge in [-0.2, -0.15) is 0 Å². The summed E-state index contributed by atoms with van der Waals surface area (Å²) in [5, 5.41) is 15.9. The maximum absolute atomic E-state index is 13.2. The zero-order chi connectivity index (χ0) is 17.3. The quantitative estimate of drug-likeness (QED) is 0.788. The van der Waals surface area contributed by atoms with Crippen molar-refractivity contribution in [2.45, 2.75) is 37.8 Å². The first-order valence-electron chi connectivity index (χ1n) is 7.94. The van der Waals surface area contributed by atoms with Crippen LogP contribution in [-0.2, 0) is 5.60 Å². The molecule has 3 N–H and O–H groups in total. The number of amides is 2. The first-order valence-corrected chi connectivity index (χ1v) is 7.94. The van der Waals surface area contributed by atoms with Gasteiger partial charge >= 0.3 is 6.03 Å². The molecule has 2 aromatic rings. The molecule has 3 rings (SSSR count). The highest BCUT2D eigenvalue weighted by atomic mass is 19.1. The van der Waals surface area contributed by atoms with Gasteiger partial charge in [0.1, 0.15) is 22.9 Å². The third-order valence-electron chi connectivity index (χ3n) is 4.25. The molecule has 0 bridgehead atoms. The zero-order valence-electron chi connectivity index (χ0n) is 13.7. The van der Waals surface area contributed by atoms with Crippen molar-refractivity contribution in [1.82, 2.24) is 10.6 Å². The van der Waals surface area contributed by atoms with Crippen LogP contribution in [0.3, 0.4) is 0 Å². The molecule has 0 saturated heterocycles. The molecular weight excluding hydrogens is 311 g/mol. The molecular formula is C18H21FN2O3. The predicted molar refractivity (Wildman–Crippen MR) is 87.1 cm³/mol. The lowest BCUT2D eigenvalue weighted by Crippen LogP contribution is -2.44. The molecule has 3 atom stereocenters. The Morgan fingerprint density at radius 3 is 2.88 bits per heavy atom. The molecule has 1 saturated carbocycles. The Kier molecular flexibility index (Phi) is 4.32. The number of benzene rings is 1. The summed E-state index contributed by atoms with van der Waals surface area (Å²) in [7, 11) is 0. The minimum Gasteiger partial charge on any atom is -0.463 e. The number of halogens is 1. The van der Waals surface area contributed by atoms with E-state index in [1.54, 1.807) is 32.0 Å². The first kappa shape index (κ1) is 16.5. The van der Waals surface area contributed by atoms with Crippen LogP contribution in [0, 0.1) is 12.7 Å². The molecule has 0 radical (unpaired) electrons. The fourth-order valence-corrected chi connectivity index (χ4v) is 2.74. The lowest BCUT2D eigenvalue weighted by atomic mass is 10.0. The van der Waals surface area contributed by atoms with Gasteiger partial charge in [-0.1, -0.05) is 12.1 Å². The average molecular weight is 332 g/mol. The van der Waals surface area contributed by atoms with Gasteiger partial charge in [-0.3, -0.25) is 0 Å². The number of nitrogens with one attached hydrogen (secondary N) is 2. The number of furan rings is 1. The average Bonchev–Trinajstić information content (AvgIpc) is 3.14. The van der Waals surface area contributed by atoms with E-state index in [-0.39, 0.29) is 30.4 Å². The van der Waals surface area contributed by atoms with Crippen LogP contribution in [0.1, 0.15) is 36.3 Å². The lowest BCUT2D eigenvalue weighted by molar-refractivity contribution is 0.0359. The van der Waals surface area contributed by atoms with E-state index in [2.05, 4.69) is 10.6 Å². The third-order valence-corrected chi connectivity index (χ3v) is 4.25. The number of hydrogen-bond donors (Lipinski definition) is 3. The lowest BCUT2D eigenvalue weighted by Gasteiger charge is -2.21. The SMILES string of the molecule is Cc1ccc(C(C)(O)CNC(=O)NC2CC2c2cccc(F)c2)o1. The molecule has 1 aliphatic carbocycles. The number of urea groups is 1. The molecule has 2 amide bonds. The van der Waals surface area contributed by atoms with Crippen LogP contribution in [0.25, 0.3) is 0 Å². The van der Waals surface area contributed by atoms with Crippen LogP contribution in [-0.4, -0.2) is 23.7 Å². The van der Waals surface area contributed by atoms with Crippen molar-refractivity contribution in [3.8, 4) is 0 Å². The Hall–Kier alpha value is -2.34. The maximum atomic E-state index is 13.2. The maximum Gasteiger partial charge on any atom is 0.315 e. The molecule has 1 heterocycles. The van der Waals surface area contributed by atoms with Crippen LogP contribution < -0.4 is 10.6 Å². The number of aliphatic hydroxyl groups is 1. The summed E-state index contributed by atoms with van der Waals surface area (Å²) < 4.78 is 18.6. The van der Waals surface area contributed by atoms with Crippen molar-refractivity contribution in [3.63, 3.8) is 0 Å². The van der Waals surface area contributed by atoms with Crippen LogP contribution in [0.2, 0.25) is 0 Å². The van der Waals surface area contributed by atoms with Gasteiger partial charge in [0.15, 0.2) is 0 Å². The molecule has 5 nitrogen and oxygen atoms in total. The number of hydrogen-bond acceptors (Lipinski definition) is 3. The zero-order valence-corrected chi connectivity index (χ0v) is 13.7. The fourth-order valence-electron chi connectivity index (χ4n) is 2.74. The fraction of sp³-hybridized carbons (Fsp3) is 0.389. The van der Waals surface area contributed by atoms with Crippen LogP contribution in [0.4, 0.5) is 9.18 Å². The summed E-state index contributed by atoms with van der Waals surface area (Å²) in [6, 6.07) is 9.51. The Balaban J connectivity index is 1.49. The highest BCUT2D eigenvalue weighted by Crippen LogP contribution is 2.40. The number of rotatable bonds is 5. The van der Waals surface area contributed by atoms with Crippen LogP contribution in [0.15, 0.2) is 40.8 Å². The molecule has 6 heteroatoms. The number of carbonyl (C=O) groups excluding carboxylic acids is 1. The molecule has 0 aliphatic heterocycles. The minimum absolute atomic E-state index is 0.0115. The summed E-state index contributed by atoms with van der Waals surface area (Å²) in [6.45, 7) is 3.40. The van der Waals surface area contributed by atoms with Crippen molar-refractivity contribution in [3.05, 3.63) is 59.3 Å². The molecule has 24 heavy (non-hydrogen) atoms. The van der Waals surface area contributed by atoms with E-state index < -0.39 is 5.60 Å². The number of aryl methyl sites for hydroxylation is 1. The molecule has 1 aromatic heterocycles. The Morgan fingerprint density at radius 1 is 1.42 bits per heavy atom. The second-order valence-corrected chi connectivity index (χ2v) is 6.51. The normalized spacial score (nSPS) is 21.8. The monoisotopic (exact) mass is 332 g/mol. The molecule has 1 fully saturated rings. The van der Waals surface area contributed by atoms with Gasteiger partial charge in [0.2, 0.25) is 0 Å². The molecule has 128 valence electrons. The summed E-state index contributed by atoms with van der Waals surface area (Å²) >= 11 is 0. The van der Waals surface area contributed by atoms with Crippen molar-refractivity contribution in [2.24, 2.45) is 0 Å². The second kappa shape index (κ2) is 6.28. The molecule has 1 aliphatic rings.